The lowest BCUT2D eigenvalue weighted by molar-refractivity contribution is 0.433. The van der Waals surface area contributed by atoms with E-state index < -0.39 is 0 Å². The van der Waals surface area contributed by atoms with E-state index in [1.807, 2.05) is 6.26 Å². The van der Waals surface area contributed by atoms with Gasteiger partial charge in [-0.15, -0.1) is 11.8 Å². The van der Waals surface area contributed by atoms with E-state index in [9.17, 15) is 0 Å². The summed E-state index contributed by atoms with van der Waals surface area (Å²) in [7, 11) is 0. The molecule has 0 heterocycles. The maximum Gasteiger partial charge on any atom is 0.123 e. The lowest BCUT2D eigenvalue weighted by atomic mass is 10.6. The van der Waals surface area contributed by atoms with Crippen molar-refractivity contribution in [2.45, 2.75) is 0 Å². The molecule has 0 aromatic carbocycles. The first kappa shape index (κ1) is 8.11. The van der Waals surface area contributed by atoms with Gasteiger partial charge < -0.3 is 5.11 Å². The van der Waals surface area contributed by atoms with Gasteiger partial charge in [0.15, 0.2) is 0 Å². The summed E-state index contributed by atoms with van der Waals surface area (Å²) >= 11 is 4.60. The quantitative estimate of drug-likeness (QED) is 0.539. The zero-order valence-corrected chi connectivity index (χ0v) is 6.92. The molecule has 0 fully saturated rings. The van der Waals surface area contributed by atoms with Crippen molar-refractivity contribution < 1.29 is 5.11 Å². The molecule has 0 aliphatic rings. The van der Waals surface area contributed by atoms with Gasteiger partial charge in [-0.05, 0) is 27.6 Å². The molecule has 0 aliphatic heterocycles. The van der Waals surface area contributed by atoms with Crippen LogP contribution in [0.5, 0.6) is 0 Å². The standard InChI is InChI=1S/C5H7BrOS/c1-4(7)5(6)3-8-2/h3,7H,1H2,2H3/b5-3+. The van der Waals surface area contributed by atoms with Gasteiger partial charge in [-0.1, -0.05) is 6.58 Å². The van der Waals surface area contributed by atoms with E-state index in [4.69, 9.17) is 5.11 Å². The van der Waals surface area contributed by atoms with Crippen molar-refractivity contribution in [2.75, 3.05) is 6.26 Å². The van der Waals surface area contributed by atoms with Crippen LogP contribution in [0.3, 0.4) is 0 Å². The van der Waals surface area contributed by atoms with E-state index in [0.29, 0.717) is 4.48 Å². The van der Waals surface area contributed by atoms with Gasteiger partial charge in [0.1, 0.15) is 5.76 Å². The molecule has 0 spiro atoms. The third-order valence-electron chi connectivity index (χ3n) is 0.497. The minimum Gasteiger partial charge on any atom is -0.507 e. The second kappa shape index (κ2) is 4.04. The van der Waals surface area contributed by atoms with Crippen LogP contribution in [0.4, 0.5) is 0 Å². The highest BCUT2D eigenvalue weighted by atomic mass is 79.9. The minimum atomic E-state index is 0.0688. The van der Waals surface area contributed by atoms with Crippen molar-refractivity contribution in [3.8, 4) is 0 Å². The SMILES string of the molecule is C=C(O)/C(Br)=C\SC. The second-order valence-electron chi connectivity index (χ2n) is 1.15. The van der Waals surface area contributed by atoms with E-state index >= 15 is 0 Å². The molecule has 1 nitrogen and oxygen atoms in total. The summed E-state index contributed by atoms with van der Waals surface area (Å²) in [6, 6.07) is 0. The van der Waals surface area contributed by atoms with Crippen LogP contribution < -0.4 is 0 Å². The van der Waals surface area contributed by atoms with Gasteiger partial charge >= 0.3 is 0 Å². The molecule has 0 saturated carbocycles. The van der Waals surface area contributed by atoms with Crippen molar-refractivity contribution in [1.29, 1.82) is 0 Å². The van der Waals surface area contributed by atoms with Crippen LogP contribution in [0.25, 0.3) is 0 Å². The average Bonchev–Trinajstić information content (AvgIpc) is 1.67. The third-order valence-corrected chi connectivity index (χ3v) is 1.96. The Kier molecular flexibility index (Phi) is 4.09. The van der Waals surface area contributed by atoms with Crippen molar-refractivity contribution in [2.24, 2.45) is 0 Å². The predicted octanol–water partition coefficient (Wildman–Crippen LogP) is 2.66. The Labute approximate surface area is 61.6 Å². The average molecular weight is 195 g/mol. The van der Waals surface area contributed by atoms with Crippen LogP contribution in [0.2, 0.25) is 0 Å². The van der Waals surface area contributed by atoms with E-state index in [0.717, 1.165) is 0 Å². The Balaban J connectivity index is 3.80. The molecule has 0 unspecified atom stereocenters. The predicted molar refractivity (Wildman–Crippen MR) is 42.3 cm³/mol. The number of hydrogen-bond donors (Lipinski definition) is 1. The Bertz CT molecular complexity index is 120. The van der Waals surface area contributed by atoms with Crippen molar-refractivity contribution in [1.82, 2.24) is 0 Å². The van der Waals surface area contributed by atoms with Gasteiger partial charge in [0, 0.05) is 0 Å². The Morgan fingerprint density at radius 2 is 2.38 bits per heavy atom. The number of halogens is 1. The first-order valence-corrected chi connectivity index (χ1v) is 4.03. The number of rotatable bonds is 2. The fourth-order valence-electron chi connectivity index (χ4n) is 0.171. The Morgan fingerprint density at radius 3 is 2.50 bits per heavy atom. The van der Waals surface area contributed by atoms with Crippen LogP contribution in [0.1, 0.15) is 0 Å². The second-order valence-corrected chi connectivity index (χ2v) is 2.71. The van der Waals surface area contributed by atoms with Gasteiger partial charge in [0.2, 0.25) is 0 Å². The van der Waals surface area contributed by atoms with Gasteiger partial charge in [0.25, 0.3) is 0 Å². The largest absolute Gasteiger partial charge is 0.507 e. The Hall–Kier alpha value is 0.110. The fraction of sp³-hybridized carbons (Fsp3) is 0.200. The van der Waals surface area contributed by atoms with E-state index in [1.165, 1.54) is 11.8 Å². The molecule has 0 radical (unpaired) electrons. The van der Waals surface area contributed by atoms with Gasteiger partial charge in [0.05, 0.1) is 4.48 Å². The number of aliphatic hydroxyl groups is 1. The molecule has 0 amide bonds. The topological polar surface area (TPSA) is 20.2 Å². The number of aliphatic hydroxyl groups excluding tert-OH is 1. The Morgan fingerprint density at radius 1 is 1.88 bits per heavy atom. The highest BCUT2D eigenvalue weighted by Gasteiger charge is 1.90. The normalized spacial score (nSPS) is 11.5. The van der Waals surface area contributed by atoms with Crippen LogP contribution in [-0.2, 0) is 0 Å². The first-order chi connectivity index (χ1) is 3.68. The maximum atomic E-state index is 8.63. The van der Waals surface area contributed by atoms with Crippen LogP contribution in [-0.4, -0.2) is 11.4 Å². The summed E-state index contributed by atoms with van der Waals surface area (Å²) in [6.45, 7) is 3.30. The number of hydrogen-bond acceptors (Lipinski definition) is 2. The summed E-state index contributed by atoms with van der Waals surface area (Å²) in [5.41, 5.74) is 0. The molecular weight excluding hydrogens is 188 g/mol. The molecule has 0 saturated heterocycles. The van der Waals surface area contributed by atoms with E-state index in [1.54, 1.807) is 5.41 Å². The van der Waals surface area contributed by atoms with Gasteiger partial charge in [-0.2, -0.15) is 0 Å². The van der Waals surface area contributed by atoms with Crippen molar-refractivity contribution >= 4 is 27.7 Å². The molecule has 3 heteroatoms. The summed E-state index contributed by atoms with van der Waals surface area (Å²) in [6.07, 6.45) is 1.91. The zero-order chi connectivity index (χ0) is 6.57. The molecule has 0 atom stereocenters. The third kappa shape index (κ3) is 3.16. The minimum absolute atomic E-state index is 0.0688. The highest BCUT2D eigenvalue weighted by molar-refractivity contribution is 9.12. The molecule has 0 aromatic rings. The summed E-state index contributed by atoms with van der Waals surface area (Å²) in [5, 5.41) is 10.4. The molecule has 0 bridgehead atoms. The monoisotopic (exact) mass is 194 g/mol. The van der Waals surface area contributed by atoms with Crippen LogP contribution in [0, 0.1) is 0 Å². The summed E-state index contributed by atoms with van der Waals surface area (Å²) in [5.74, 6) is 0.0688. The van der Waals surface area contributed by atoms with Crippen molar-refractivity contribution in [3.63, 3.8) is 0 Å². The smallest absolute Gasteiger partial charge is 0.123 e. The lowest BCUT2D eigenvalue weighted by Gasteiger charge is -1.90. The van der Waals surface area contributed by atoms with Crippen LogP contribution in [0.15, 0.2) is 22.2 Å². The highest BCUT2D eigenvalue weighted by Crippen LogP contribution is 2.15. The fourth-order valence-corrected chi connectivity index (χ4v) is 1.08. The first-order valence-electron chi connectivity index (χ1n) is 1.95. The molecule has 0 aromatic heterocycles. The van der Waals surface area contributed by atoms with Gasteiger partial charge in [-0.3, -0.25) is 0 Å². The van der Waals surface area contributed by atoms with E-state index in [-0.39, 0.29) is 5.76 Å². The molecule has 46 valence electrons. The molecule has 8 heavy (non-hydrogen) atoms. The summed E-state index contributed by atoms with van der Waals surface area (Å²) in [4.78, 5) is 0. The maximum absolute atomic E-state index is 8.63. The van der Waals surface area contributed by atoms with Crippen molar-refractivity contribution in [3.05, 3.63) is 22.2 Å². The lowest BCUT2D eigenvalue weighted by Crippen LogP contribution is -1.72. The molecule has 1 N–H and O–H groups in total. The molecule has 0 aliphatic carbocycles. The number of allylic oxidation sites excluding steroid dienone is 1. The molecule has 0 rings (SSSR count). The summed E-state index contributed by atoms with van der Waals surface area (Å²) < 4.78 is 0.644. The van der Waals surface area contributed by atoms with Crippen LogP contribution >= 0.6 is 27.7 Å². The van der Waals surface area contributed by atoms with Gasteiger partial charge in [-0.25, -0.2) is 0 Å². The number of thioether (sulfide) groups is 1. The molecular formula is C5H7BrOS. The van der Waals surface area contributed by atoms with E-state index in [2.05, 4.69) is 22.5 Å². The zero-order valence-electron chi connectivity index (χ0n) is 4.52.